The van der Waals surface area contributed by atoms with Crippen LogP contribution in [0.2, 0.25) is 0 Å². The molecule has 6 heteroatoms. The molecule has 0 aromatic heterocycles. The summed E-state index contributed by atoms with van der Waals surface area (Å²) in [6, 6.07) is 0.102. The second-order valence-corrected chi connectivity index (χ2v) is 7.03. The zero-order valence-corrected chi connectivity index (χ0v) is 13.9. The van der Waals surface area contributed by atoms with Gasteiger partial charge in [0.05, 0.1) is 12.5 Å². The van der Waals surface area contributed by atoms with E-state index in [0.29, 0.717) is 6.54 Å². The molecule has 1 unspecified atom stereocenters. The fourth-order valence-electron chi connectivity index (χ4n) is 2.46. The molecule has 1 saturated heterocycles. The van der Waals surface area contributed by atoms with Crippen LogP contribution in [0.25, 0.3) is 0 Å². The van der Waals surface area contributed by atoms with Crippen molar-refractivity contribution in [2.45, 2.75) is 52.6 Å². The molecule has 6 nitrogen and oxygen atoms in total. The molecule has 0 spiro atoms. The molecule has 1 aliphatic heterocycles. The highest BCUT2D eigenvalue weighted by atomic mass is 16.2. The standard InChI is InChI=1S/C15H27N3O3/c1-10(2)18-8-11(7-13(18)20)14(21)17(6)9-12(19)16-15(3,4)5/h10-11H,7-9H2,1-6H3,(H,16,19). The number of hydrogen-bond donors (Lipinski definition) is 1. The molecular weight excluding hydrogens is 270 g/mol. The second kappa shape index (κ2) is 6.45. The molecule has 0 bridgehead atoms. The van der Waals surface area contributed by atoms with Gasteiger partial charge in [-0.25, -0.2) is 0 Å². The van der Waals surface area contributed by atoms with Crippen molar-refractivity contribution in [3.63, 3.8) is 0 Å². The van der Waals surface area contributed by atoms with Gasteiger partial charge in [-0.15, -0.1) is 0 Å². The van der Waals surface area contributed by atoms with Gasteiger partial charge in [-0.05, 0) is 34.6 Å². The van der Waals surface area contributed by atoms with Crippen LogP contribution >= 0.6 is 0 Å². The fraction of sp³-hybridized carbons (Fsp3) is 0.800. The number of amides is 3. The first-order valence-electron chi connectivity index (χ1n) is 7.36. The number of carbonyl (C=O) groups is 3. The van der Waals surface area contributed by atoms with Crippen molar-refractivity contribution in [3.8, 4) is 0 Å². The molecule has 0 aromatic rings. The van der Waals surface area contributed by atoms with Crippen molar-refractivity contribution in [2.24, 2.45) is 5.92 Å². The minimum Gasteiger partial charge on any atom is -0.350 e. The van der Waals surface area contributed by atoms with Crippen LogP contribution < -0.4 is 5.32 Å². The first kappa shape index (κ1) is 17.5. The number of nitrogens with one attached hydrogen (secondary N) is 1. The van der Waals surface area contributed by atoms with Gasteiger partial charge >= 0.3 is 0 Å². The maximum Gasteiger partial charge on any atom is 0.240 e. The molecule has 0 radical (unpaired) electrons. The summed E-state index contributed by atoms with van der Waals surface area (Å²) in [5.74, 6) is -0.665. The molecule has 1 rings (SSSR count). The lowest BCUT2D eigenvalue weighted by Gasteiger charge is -2.25. The van der Waals surface area contributed by atoms with Crippen LogP contribution in [-0.2, 0) is 14.4 Å². The van der Waals surface area contributed by atoms with Crippen molar-refractivity contribution in [3.05, 3.63) is 0 Å². The number of likely N-dealkylation sites (tertiary alicyclic amines) is 1. The third-order valence-electron chi connectivity index (χ3n) is 3.40. The molecule has 120 valence electrons. The molecule has 1 fully saturated rings. The van der Waals surface area contributed by atoms with Crippen LogP contribution in [-0.4, -0.2) is 59.2 Å². The molecule has 3 amide bonds. The summed E-state index contributed by atoms with van der Waals surface area (Å²) in [6.45, 7) is 10.0. The lowest BCUT2D eigenvalue weighted by Crippen LogP contribution is -2.47. The van der Waals surface area contributed by atoms with Crippen LogP contribution in [0.4, 0.5) is 0 Å². The van der Waals surface area contributed by atoms with E-state index >= 15 is 0 Å². The Hall–Kier alpha value is -1.59. The Kier molecular flexibility index (Phi) is 5.36. The maximum atomic E-state index is 12.3. The van der Waals surface area contributed by atoms with Crippen molar-refractivity contribution in [1.82, 2.24) is 15.1 Å². The smallest absolute Gasteiger partial charge is 0.240 e. The Morgan fingerprint density at radius 3 is 2.38 bits per heavy atom. The van der Waals surface area contributed by atoms with E-state index in [9.17, 15) is 14.4 Å². The average molecular weight is 297 g/mol. The van der Waals surface area contributed by atoms with Gasteiger partial charge in [0.15, 0.2) is 0 Å². The Bertz CT molecular complexity index is 426. The minimum absolute atomic E-state index is 0.0101. The van der Waals surface area contributed by atoms with Crippen molar-refractivity contribution < 1.29 is 14.4 Å². The van der Waals surface area contributed by atoms with Gasteiger partial charge < -0.3 is 15.1 Å². The number of hydrogen-bond acceptors (Lipinski definition) is 3. The SMILES string of the molecule is CC(C)N1CC(C(=O)N(C)CC(=O)NC(C)(C)C)CC1=O. The van der Waals surface area contributed by atoms with Crippen molar-refractivity contribution in [1.29, 1.82) is 0 Å². The molecular formula is C15H27N3O3. The summed E-state index contributed by atoms with van der Waals surface area (Å²) >= 11 is 0. The molecule has 21 heavy (non-hydrogen) atoms. The zero-order chi connectivity index (χ0) is 16.4. The van der Waals surface area contributed by atoms with E-state index in [0.717, 1.165) is 0 Å². The van der Waals surface area contributed by atoms with Crippen molar-refractivity contribution >= 4 is 17.7 Å². The monoisotopic (exact) mass is 297 g/mol. The van der Waals surface area contributed by atoms with Gasteiger partial charge in [0.2, 0.25) is 17.7 Å². The van der Waals surface area contributed by atoms with E-state index < -0.39 is 0 Å². The summed E-state index contributed by atoms with van der Waals surface area (Å²) in [5, 5.41) is 2.82. The van der Waals surface area contributed by atoms with E-state index in [-0.39, 0.29) is 48.2 Å². The maximum absolute atomic E-state index is 12.3. The van der Waals surface area contributed by atoms with Crippen LogP contribution in [0.15, 0.2) is 0 Å². The highest BCUT2D eigenvalue weighted by molar-refractivity contribution is 5.91. The third-order valence-corrected chi connectivity index (χ3v) is 3.40. The van der Waals surface area contributed by atoms with Crippen LogP contribution in [0.1, 0.15) is 41.0 Å². The number of likely N-dealkylation sites (N-methyl/N-ethyl adjacent to an activating group) is 1. The van der Waals surface area contributed by atoms with E-state index in [1.807, 2.05) is 34.6 Å². The van der Waals surface area contributed by atoms with Gasteiger partial charge in [0.25, 0.3) is 0 Å². The first-order valence-corrected chi connectivity index (χ1v) is 7.36. The normalized spacial score (nSPS) is 19.1. The number of nitrogens with zero attached hydrogens (tertiary/aromatic N) is 2. The van der Waals surface area contributed by atoms with Gasteiger partial charge in [0.1, 0.15) is 0 Å². The van der Waals surface area contributed by atoms with Gasteiger partial charge in [0, 0.05) is 31.6 Å². The summed E-state index contributed by atoms with van der Waals surface area (Å²) in [4.78, 5) is 39.1. The molecule has 1 N–H and O–H groups in total. The zero-order valence-electron chi connectivity index (χ0n) is 13.9. The van der Waals surface area contributed by atoms with Crippen LogP contribution in [0, 0.1) is 5.92 Å². The Labute approximate surface area is 126 Å². The lowest BCUT2D eigenvalue weighted by atomic mass is 10.1. The molecule has 0 aromatic carbocycles. The lowest BCUT2D eigenvalue weighted by molar-refractivity contribution is -0.138. The largest absolute Gasteiger partial charge is 0.350 e. The van der Waals surface area contributed by atoms with Crippen LogP contribution in [0.5, 0.6) is 0 Å². The number of carbonyl (C=O) groups excluding carboxylic acids is 3. The minimum atomic E-state index is -0.340. The van der Waals surface area contributed by atoms with Gasteiger partial charge in [-0.1, -0.05) is 0 Å². The average Bonchev–Trinajstić information content (AvgIpc) is 2.67. The number of rotatable bonds is 4. The highest BCUT2D eigenvalue weighted by Crippen LogP contribution is 2.21. The Balaban J connectivity index is 2.56. The first-order chi connectivity index (χ1) is 9.51. The summed E-state index contributed by atoms with van der Waals surface area (Å²) in [7, 11) is 1.60. The van der Waals surface area contributed by atoms with E-state index in [1.165, 1.54) is 4.90 Å². The van der Waals surface area contributed by atoms with Gasteiger partial charge in [-0.3, -0.25) is 14.4 Å². The quantitative estimate of drug-likeness (QED) is 0.827. The molecule has 1 heterocycles. The predicted octanol–water partition coefficient (Wildman–Crippen LogP) is 0.616. The van der Waals surface area contributed by atoms with Gasteiger partial charge in [-0.2, -0.15) is 0 Å². The summed E-state index contributed by atoms with van der Waals surface area (Å²) in [6.07, 6.45) is 0.238. The van der Waals surface area contributed by atoms with E-state index in [2.05, 4.69) is 5.32 Å². The second-order valence-electron chi connectivity index (χ2n) is 7.03. The van der Waals surface area contributed by atoms with Crippen LogP contribution in [0.3, 0.4) is 0 Å². The van der Waals surface area contributed by atoms with E-state index in [4.69, 9.17) is 0 Å². The highest BCUT2D eigenvalue weighted by Gasteiger charge is 2.37. The molecule has 0 aliphatic carbocycles. The molecule has 1 atom stereocenters. The topological polar surface area (TPSA) is 69.7 Å². The third kappa shape index (κ3) is 5.02. The Morgan fingerprint density at radius 2 is 1.95 bits per heavy atom. The van der Waals surface area contributed by atoms with Crippen molar-refractivity contribution in [2.75, 3.05) is 20.1 Å². The molecule has 1 aliphatic rings. The summed E-state index contributed by atoms with van der Waals surface area (Å²) in [5.41, 5.74) is -0.321. The molecule has 0 saturated carbocycles. The fourth-order valence-corrected chi connectivity index (χ4v) is 2.46. The van der Waals surface area contributed by atoms with E-state index in [1.54, 1.807) is 11.9 Å². The predicted molar refractivity (Wildman–Crippen MR) is 80.5 cm³/mol. The summed E-state index contributed by atoms with van der Waals surface area (Å²) < 4.78 is 0. The Morgan fingerprint density at radius 1 is 1.38 bits per heavy atom.